The Morgan fingerprint density at radius 1 is 1.38 bits per heavy atom. The number of H-pyrrole nitrogens is 1. The summed E-state index contributed by atoms with van der Waals surface area (Å²) in [7, 11) is 1.73. The van der Waals surface area contributed by atoms with Crippen molar-refractivity contribution in [1.29, 1.82) is 0 Å². The third kappa shape index (κ3) is 1.41. The molecule has 2 aromatic rings. The highest BCUT2D eigenvalue weighted by atomic mass is 16.5. The molecule has 0 amide bonds. The summed E-state index contributed by atoms with van der Waals surface area (Å²) in [6, 6.07) is 6.30. The minimum absolute atomic E-state index is 0.803. The van der Waals surface area contributed by atoms with Crippen LogP contribution >= 0.6 is 0 Å². The minimum Gasteiger partial charge on any atom is -0.497 e. The standard InChI is InChI=1S/C14H17NO/c1-9-3-5-13-11(7-9)12-8-10(16-2)4-6-14(12)15-13/h4,6,8-9,15H,3,5,7H2,1-2H3/t9-/m0/s1. The number of fused-ring (bicyclic) bond motifs is 3. The van der Waals surface area contributed by atoms with E-state index in [-0.39, 0.29) is 0 Å². The smallest absolute Gasteiger partial charge is 0.119 e. The number of hydrogen-bond donors (Lipinski definition) is 1. The van der Waals surface area contributed by atoms with Crippen molar-refractivity contribution in [2.45, 2.75) is 26.2 Å². The maximum atomic E-state index is 5.30. The van der Waals surface area contributed by atoms with Crippen LogP contribution < -0.4 is 4.74 Å². The van der Waals surface area contributed by atoms with Crippen molar-refractivity contribution in [1.82, 2.24) is 4.98 Å². The molecule has 1 atom stereocenters. The summed E-state index contributed by atoms with van der Waals surface area (Å²) < 4.78 is 5.30. The first-order valence-corrected chi connectivity index (χ1v) is 5.95. The van der Waals surface area contributed by atoms with E-state index in [4.69, 9.17) is 4.74 Å². The zero-order valence-electron chi connectivity index (χ0n) is 9.84. The van der Waals surface area contributed by atoms with Crippen LogP contribution in [0, 0.1) is 5.92 Å². The van der Waals surface area contributed by atoms with Crippen LogP contribution in [0.2, 0.25) is 0 Å². The third-order valence-electron chi connectivity index (χ3n) is 3.64. The van der Waals surface area contributed by atoms with Gasteiger partial charge in [0.25, 0.3) is 0 Å². The average Bonchev–Trinajstić information content (AvgIpc) is 2.66. The van der Waals surface area contributed by atoms with E-state index in [9.17, 15) is 0 Å². The summed E-state index contributed by atoms with van der Waals surface area (Å²) in [6.07, 6.45) is 3.69. The summed E-state index contributed by atoms with van der Waals surface area (Å²) in [5.74, 6) is 1.75. The lowest BCUT2D eigenvalue weighted by atomic mass is 9.88. The second kappa shape index (κ2) is 3.55. The lowest BCUT2D eigenvalue weighted by molar-refractivity contribution is 0.415. The van der Waals surface area contributed by atoms with Crippen molar-refractivity contribution in [3.05, 3.63) is 29.5 Å². The fourth-order valence-electron chi connectivity index (χ4n) is 2.70. The summed E-state index contributed by atoms with van der Waals surface area (Å²) in [5, 5.41) is 1.35. The fraction of sp³-hybridized carbons (Fsp3) is 0.429. The van der Waals surface area contributed by atoms with Crippen molar-refractivity contribution in [2.24, 2.45) is 5.92 Å². The average molecular weight is 215 g/mol. The zero-order chi connectivity index (χ0) is 11.1. The maximum Gasteiger partial charge on any atom is 0.119 e. The number of hydrogen-bond acceptors (Lipinski definition) is 1. The lowest BCUT2D eigenvalue weighted by Crippen LogP contribution is -2.09. The van der Waals surface area contributed by atoms with Gasteiger partial charge < -0.3 is 9.72 Å². The first kappa shape index (κ1) is 9.76. The van der Waals surface area contributed by atoms with E-state index in [0.717, 1.165) is 11.7 Å². The highest BCUT2D eigenvalue weighted by Crippen LogP contribution is 2.33. The molecule has 0 fully saturated rings. The Morgan fingerprint density at radius 3 is 3.06 bits per heavy atom. The third-order valence-corrected chi connectivity index (χ3v) is 3.64. The molecule has 0 bridgehead atoms. The minimum atomic E-state index is 0.803. The van der Waals surface area contributed by atoms with E-state index in [2.05, 4.69) is 24.0 Å². The molecule has 1 aromatic carbocycles. The molecule has 2 nitrogen and oxygen atoms in total. The first-order chi connectivity index (χ1) is 7.78. The molecule has 0 saturated heterocycles. The first-order valence-electron chi connectivity index (χ1n) is 5.95. The van der Waals surface area contributed by atoms with Gasteiger partial charge in [0, 0.05) is 16.6 Å². The molecule has 0 saturated carbocycles. The largest absolute Gasteiger partial charge is 0.497 e. The van der Waals surface area contributed by atoms with Gasteiger partial charge in [-0.05, 0) is 48.9 Å². The SMILES string of the molecule is COc1ccc2[nH]c3c(c2c1)C[C@@H](C)CC3. The molecule has 1 aliphatic rings. The van der Waals surface area contributed by atoms with E-state index < -0.39 is 0 Å². The van der Waals surface area contributed by atoms with Gasteiger partial charge >= 0.3 is 0 Å². The molecule has 1 N–H and O–H groups in total. The van der Waals surface area contributed by atoms with E-state index >= 15 is 0 Å². The van der Waals surface area contributed by atoms with Gasteiger partial charge in [0.1, 0.15) is 5.75 Å². The molecular formula is C14H17NO. The summed E-state index contributed by atoms with van der Waals surface area (Å²) >= 11 is 0. The van der Waals surface area contributed by atoms with E-state index in [1.165, 1.54) is 41.4 Å². The topological polar surface area (TPSA) is 25.0 Å². The molecule has 0 unspecified atom stereocenters. The van der Waals surface area contributed by atoms with Crippen molar-refractivity contribution in [3.8, 4) is 5.75 Å². The van der Waals surface area contributed by atoms with Crippen LogP contribution in [0.5, 0.6) is 5.75 Å². The summed E-state index contributed by atoms with van der Waals surface area (Å²) in [6.45, 7) is 2.34. The van der Waals surface area contributed by atoms with Gasteiger partial charge in [-0.15, -0.1) is 0 Å². The van der Waals surface area contributed by atoms with Gasteiger partial charge in [-0.25, -0.2) is 0 Å². The molecule has 0 spiro atoms. The molecule has 16 heavy (non-hydrogen) atoms. The predicted octanol–water partition coefficient (Wildman–Crippen LogP) is 3.30. The van der Waals surface area contributed by atoms with Gasteiger partial charge in [-0.3, -0.25) is 0 Å². The van der Waals surface area contributed by atoms with Crippen LogP contribution in [0.25, 0.3) is 10.9 Å². The molecule has 3 rings (SSSR count). The Balaban J connectivity index is 2.20. The van der Waals surface area contributed by atoms with Crippen LogP contribution in [0.15, 0.2) is 18.2 Å². The van der Waals surface area contributed by atoms with Crippen LogP contribution in [0.4, 0.5) is 0 Å². The van der Waals surface area contributed by atoms with Crippen LogP contribution in [0.3, 0.4) is 0 Å². The fourth-order valence-corrected chi connectivity index (χ4v) is 2.70. The zero-order valence-corrected chi connectivity index (χ0v) is 9.84. The number of ether oxygens (including phenoxy) is 1. The number of aromatic nitrogens is 1. The maximum absolute atomic E-state index is 5.30. The van der Waals surface area contributed by atoms with Gasteiger partial charge in [-0.2, -0.15) is 0 Å². The molecule has 0 aliphatic heterocycles. The molecule has 84 valence electrons. The van der Waals surface area contributed by atoms with Crippen molar-refractivity contribution >= 4 is 10.9 Å². The Kier molecular flexibility index (Phi) is 2.16. The molecule has 2 heteroatoms. The lowest BCUT2D eigenvalue weighted by Gasteiger charge is -2.18. The second-order valence-electron chi connectivity index (χ2n) is 4.84. The highest BCUT2D eigenvalue weighted by molar-refractivity contribution is 5.86. The number of aryl methyl sites for hydroxylation is 1. The van der Waals surface area contributed by atoms with Gasteiger partial charge in [-0.1, -0.05) is 6.92 Å². The van der Waals surface area contributed by atoms with E-state index in [1.807, 2.05) is 6.07 Å². The molecule has 1 heterocycles. The highest BCUT2D eigenvalue weighted by Gasteiger charge is 2.19. The number of methoxy groups -OCH3 is 1. The Morgan fingerprint density at radius 2 is 2.25 bits per heavy atom. The molecular weight excluding hydrogens is 198 g/mol. The number of rotatable bonds is 1. The Labute approximate surface area is 95.6 Å². The predicted molar refractivity (Wildman–Crippen MR) is 66.0 cm³/mol. The van der Waals surface area contributed by atoms with E-state index in [0.29, 0.717) is 0 Å². The number of benzene rings is 1. The Bertz CT molecular complexity index is 527. The monoisotopic (exact) mass is 215 g/mol. The second-order valence-corrected chi connectivity index (χ2v) is 4.84. The molecule has 1 aliphatic carbocycles. The van der Waals surface area contributed by atoms with Crippen molar-refractivity contribution in [2.75, 3.05) is 7.11 Å². The summed E-state index contributed by atoms with van der Waals surface area (Å²) in [5.41, 5.74) is 4.19. The molecule has 1 aromatic heterocycles. The van der Waals surface area contributed by atoms with Crippen molar-refractivity contribution < 1.29 is 4.74 Å². The number of nitrogens with one attached hydrogen (secondary N) is 1. The summed E-state index contributed by atoms with van der Waals surface area (Å²) in [4.78, 5) is 3.53. The number of aromatic amines is 1. The molecule has 0 radical (unpaired) electrons. The quantitative estimate of drug-likeness (QED) is 0.775. The van der Waals surface area contributed by atoms with Gasteiger partial charge in [0.05, 0.1) is 7.11 Å². The van der Waals surface area contributed by atoms with Gasteiger partial charge in [0.15, 0.2) is 0 Å². The van der Waals surface area contributed by atoms with Crippen LogP contribution in [-0.4, -0.2) is 12.1 Å². The van der Waals surface area contributed by atoms with Gasteiger partial charge in [0.2, 0.25) is 0 Å². The van der Waals surface area contributed by atoms with E-state index in [1.54, 1.807) is 7.11 Å². The Hall–Kier alpha value is -1.44. The van der Waals surface area contributed by atoms with Crippen molar-refractivity contribution in [3.63, 3.8) is 0 Å². The van der Waals surface area contributed by atoms with Crippen LogP contribution in [-0.2, 0) is 12.8 Å². The normalized spacial score (nSPS) is 19.8. The van der Waals surface area contributed by atoms with Crippen LogP contribution in [0.1, 0.15) is 24.6 Å².